The number of rotatable bonds is 44. The molecule has 0 bridgehead atoms. The molecule has 0 rings (SSSR count). The number of esters is 1. The van der Waals surface area contributed by atoms with Gasteiger partial charge in [0.1, 0.15) is 19.3 Å². The van der Waals surface area contributed by atoms with Crippen LogP contribution in [0, 0.1) is 0 Å². The van der Waals surface area contributed by atoms with Crippen LogP contribution in [0.4, 0.5) is 0 Å². The number of phosphoric acid groups is 1. The third-order valence-electron chi connectivity index (χ3n) is 10.3. The molecule has 0 radical (unpaired) electrons. The zero-order valence-corrected chi connectivity index (χ0v) is 38.1. The van der Waals surface area contributed by atoms with Crippen molar-refractivity contribution >= 4 is 13.8 Å². The first-order chi connectivity index (χ1) is 26.6. The van der Waals surface area contributed by atoms with Crippen LogP contribution in [0.15, 0.2) is 12.2 Å². The molecule has 0 heterocycles. The van der Waals surface area contributed by atoms with Gasteiger partial charge in [-0.3, -0.25) is 13.8 Å². The second kappa shape index (κ2) is 40.0. The molecule has 8 nitrogen and oxygen atoms in total. The van der Waals surface area contributed by atoms with E-state index >= 15 is 0 Å². The van der Waals surface area contributed by atoms with Gasteiger partial charge in [0.05, 0.1) is 34.4 Å². The van der Waals surface area contributed by atoms with Crippen LogP contribution in [0.25, 0.3) is 0 Å². The fourth-order valence-electron chi connectivity index (χ4n) is 6.68. The van der Waals surface area contributed by atoms with Crippen molar-refractivity contribution in [1.29, 1.82) is 0 Å². The maximum absolute atomic E-state index is 12.7. The minimum Gasteiger partial charge on any atom is -0.457 e. The molecule has 328 valence electrons. The van der Waals surface area contributed by atoms with E-state index in [1.807, 2.05) is 21.1 Å². The summed E-state index contributed by atoms with van der Waals surface area (Å²) in [6.45, 7) is 5.58. The Morgan fingerprint density at radius 2 is 0.945 bits per heavy atom. The topological polar surface area (TPSA) is 91.3 Å². The maximum atomic E-state index is 12.7. The van der Waals surface area contributed by atoms with Crippen LogP contribution in [0.2, 0.25) is 0 Å². The molecule has 0 aliphatic rings. The number of unbranched alkanes of at least 4 members (excludes halogenated alkanes) is 28. The molecule has 0 aromatic heterocycles. The van der Waals surface area contributed by atoms with E-state index in [0.717, 1.165) is 38.5 Å². The molecule has 0 saturated heterocycles. The highest BCUT2D eigenvalue weighted by Gasteiger charge is 2.26. The molecule has 0 spiro atoms. The lowest BCUT2D eigenvalue weighted by Crippen LogP contribution is -2.37. The first-order valence-electron chi connectivity index (χ1n) is 23.4. The Kier molecular flexibility index (Phi) is 39.5. The van der Waals surface area contributed by atoms with E-state index in [0.29, 0.717) is 24.1 Å². The van der Waals surface area contributed by atoms with Crippen molar-refractivity contribution in [1.82, 2.24) is 0 Å². The van der Waals surface area contributed by atoms with E-state index in [9.17, 15) is 14.3 Å². The Morgan fingerprint density at radius 1 is 0.545 bits per heavy atom. The number of nitrogens with zero attached hydrogens (tertiary/aromatic N) is 1. The Hall–Kier alpha value is -0.760. The molecule has 9 heteroatoms. The molecule has 0 aromatic carbocycles. The summed E-state index contributed by atoms with van der Waals surface area (Å²) in [6, 6.07) is 0. The predicted octanol–water partition coefficient (Wildman–Crippen LogP) is 13.8. The lowest BCUT2D eigenvalue weighted by molar-refractivity contribution is -0.870. The normalized spacial score (nSPS) is 13.8. The average molecular weight is 803 g/mol. The summed E-state index contributed by atoms with van der Waals surface area (Å²) < 4.78 is 35.0. The zero-order valence-electron chi connectivity index (χ0n) is 37.2. The van der Waals surface area contributed by atoms with Gasteiger partial charge >= 0.3 is 13.8 Å². The largest absolute Gasteiger partial charge is 0.472 e. The number of hydrogen-bond donors (Lipinski definition) is 1. The fraction of sp³-hybridized carbons (Fsp3) is 0.935. The van der Waals surface area contributed by atoms with E-state index in [4.69, 9.17) is 18.5 Å². The second-order valence-corrected chi connectivity index (χ2v) is 18.6. The van der Waals surface area contributed by atoms with Gasteiger partial charge in [0.15, 0.2) is 0 Å². The molecule has 2 atom stereocenters. The molecular weight excluding hydrogens is 709 g/mol. The van der Waals surface area contributed by atoms with Crippen molar-refractivity contribution in [2.45, 2.75) is 225 Å². The van der Waals surface area contributed by atoms with Gasteiger partial charge in [-0.1, -0.05) is 193 Å². The summed E-state index contributed by atoms with van der Waals surface area (Å²) in [7, 11) is 1.67. The number of hydrogen-bond acceptors (Lipinski definition) is 6. The van der Waals surface area contributed by atoms with Gasteiger partial charge in [0.2, 0.25) is 0 Å². The Labute approximate surface area is 341 Å². The standard InChI is InChI=1S/C46H92NO7P/c1-6-8-10-12-14-16-18-20-22-24-25-27-29-31-33-35-37-39-46(48)54-45(44-53-55(49,50)52-42-40-47(3,4)5)43-51-41-38-36-34-32-30-28-26-23-21-19-17-15-13-11-9-7-2/h32,34,45H,6-31,33,35-44H2,1-5H3/p+1/b34-32-. The van der Waals surface area contributed by atoms with Crippen LogP contribution in [0.1, 0.15) is 219 Å². The van der Waals surface area contributed by atoms with E-state index in [1.165, 1.54) is 161 Å². The Morgan fingerprint density at radius 3 is 1.38 bits per heavy atom. The molecule has 0 aromatic rings. The number of ether oxygens (including phenoxy) is 2. The van der Waals surface area contributed by atoms with Gasteiger partial charge in [0, 0.05) is 13.0 Å². The average Bonchev–Trinajstić information content (AvgIpc) is 3.13. The minimum atomic E-state index is -4.28. The summed E-state index contributed by atoms with van der Waals surface area (Å²) in [6.07, 6.45) is 44.0. The Bertz CT molecular complexity index is 894. The number of allylic oxidation sites excluding steroid dienone is 2. The van der Waals surface area contributed by atoms with Gasteiger partial charge in [-0.25, -0.2) is 4.57 Å². The summed E-state index contributed by atoms with van der Waals surface area (Å²) >= 11 is 0. The lowest BCUT2D eigenvalue weighted by Gasteiger charge is -2.24. The maximum Gasteiger partial charge on any atom is 0.472 e. The fourth-order valence-corrected chi connectivity index (χ4v) is 7.42. The number of carbonyl (C=O) groups excluding carboxylic acids is 1. The van der Waals surface area contributed by atoms with E-state index in [2.05, 4.69) is 26.0 Å². The van der Waals surface area contributed by atoms with Gasteiger partial charge in [-0.05, 0) is 32.1 Å². The molecule has 0 saturated carbocycles. The minimum absolute atomic E-state index is 0.0876. The number of quaternary nitrogens is 1. The van der Waals surface area contributed by atoms with Crippen LogP contribution < -0.4 is 0 Å². The van der Waals surface area contributed by atoms with Gasteiger partial charge < -0.3 is 18.9 Å². The van der Waals surface area contributed by atoms with Crippen LogP contribution >= 0.6 is 7.82 Å². The monoisotopic (exact) mass is 803 g/mol. The number of carbonyl (C=O) groups is 1. The summed E-state index contributed by atoms with van der Waals surface area (Å²) in [5, 5.41) is 0. The predicted molar refractivity (Wildman–Crippen MR) is 234 cm³/mol. The summed E-state index contributed by atoms with van der Waals surface area (Å²) in [5.41, 5.74) is 0. The van der Waals surface area contributed by atoms with Crippen LogP contribution in [-0.4, -0.2) is 75.6 Å². The first-order valence-corrected chi connectivity index (χ1v) is 24.9. The Balaban J connectivity index is 4.20. The molecular formula is C46H93NO7P+. The van der Waals surface area contributed by atoms with Gasteiger partial charge in [0.25, 0.3) is 0 Å². The summed E-state index contributed by atoms with van der Waals surface area (Å²) in [5.74, 6) is -0.317. The molecule has 0 aliphatic heterocycles. The van der Waals surface area contributed by atoms with Gasteiger partial charge in [-0.15, -0.1) is 0 Å². The first kappa shape index (κ1) is 54.2. The third-order valence-corrected chi connectivity index (χ3v) is 11.3. The molecule has 1 N–H and O–H groups in total. The molecule has 0 fully saturated rings. The van der Waals surface area contributed by atoms with Crippen molar-refractivity contribution in [3.63, 3.8) is 0 Å². The highest BCUT2D eigenvalue weighted by Crippen LogP contribution is 2.43. The second-order valence-electron chi connectivity index (χ2n) is 17.1. The van der Waals surface area contributed by atoms with Crippen molar-refractivity contribution in [2.24, 2.45) is 0 Å². The van der Waals surface area contributed by atoms with E-state index < -0.39 is 13.9 Å². The van der Waals surface area contributed by atoms with Crippen LogP contribution in [0.3, 0.4) is 0 Å². The highest BCUT2D eigenvalue weighted by molar-refractivity contribution is 7.47. The molecule has 0 aliphatic carbocycles. The number of likely N-dealkylation sites (N-methyl/N-ethyl adjacent to an activating group) is 1. The van der Waals surface area contributed by atoms with Crippen molar-refractivity contribution in [2.75, 3.05) is 54.1 Å². The van der Waals surface area contributed by atoms with Gasteiger partial charge in [-0.2, -0.15) is 0 Å². The van der Waals surface area contributed by atoms with Crippen molar-refractivity contribution in [3.8, 4) is 0 Å². The third kappa shape index (κ3) is 44.2. The molecule has 2 unspecified atom stereocenters. The zero-order chi connectivity index (χ0) is 40.6. The van der Waals surface area contributed by atoms with Crippen LogP contribution in [0.5, 0.6) is 0 Å². The quantitative estimate of drug-likeness (QED) is 0.0216. The SMILES string of the molecule is CCCCCCCCCCCCC/C=C\CCCOCC(COP(=O)(O)OCC[N+](C)(C)C)OC(=O)CCCCCCCCCCCCCCCCCCC. The smallest absolute Gasteiger partial charge is 0.457 e. The van der Waals surface area contributed by atoms with E-state index in [-0.39, 0.29) is 25.8 Å². The van der Waals surface area contributed by atoms with Crippen molar-refractivity contribution in [3.05, 3.63) is 12.2 Å². The van der Waals surface area contributed by atoms with Crippen molar-refractivity contribution < 1.29 is 37.3 Å². The highest BCUT2D eigenvalue weighted by atomic mass is 31.2. The summed E-state index contributed by atoms with van der Waals surface area (Å²) in [4.78, 5) is 22.9. The molecule has 55 heavy (non-hydrogen) atoms. The van der Waals surface area contributed by atoms with Crippen LogP contribution in [-0.2, 0) is 27.9 Å². The molecule has 0 amide bonds. The van der Waals surface area contributed by atoms with E-state index in [1.54, 1.807) is 0 Å². The lowest BCUT2D eigenvalue weighted by atomic mass is 10.0. The number of phosphoric ester groups is 1.